The van der Waals surface area contributed by atoms with E-state index in [4.69, 9.17) is 0 Å². The van der Waals surface area contributed by atoms with Crippen molar-refractivity contribution in [1.29, 1.82) is 0 Å². The molecule has 116 valence electrons. The number of nitrogens with zero attached hydrogens (tertiary/aromatic N) is 3. The maximum Gasteiger partial charge on any atom is 0.232 e. The van der Waals surface area contributed by atoms with Crippen molar-refractivity contribution in [3.05, 3.63) is 16.6 Å². The summed E-state index contributed by atoms with van der Waals surface area (Å²) in [7, 11) is 0. The number of carbonyl (C=O) groups excluding carboxylic acids is 1. The molecule has 2 saturated heterocycles. The van der Waals surface area contributed by atoms with Gasteiger partial charge in [0.2, 0.25) is 5.91 Å². The molecule has 3 heterocycles. The summed E-state index contributed by atoms with van der Waals surface area (Å²) in [6, 6.07) is 0.607. The molecule has 4 nitrogen and oxygen atoms in total. The highest BCUT2D eigenvalue weighted by Gasteiger charge is 2.53. The lowest BCUT2D eigenvalue weighted by Gasteiger charge is -2.54. The van der Waals surface area contributed by atoms with Gasteiger partial charge in [-0.05, 0) is 32.7 Å². The van der Waals surface area contributed by atoms with E-state index in [1.165, 1.54) is 17.7 Å². The summed E-state index contributed by atoms with van der Waals surface area (Å²) in [6.07, 6.45) is 6.55. The lowest BCUT2D eigenvalue weighted by Crippen LogP contribution is -2.67. The number of hydrogen-bond donors (Lipinski definition) is 0. The fraction of sp³-hybridized carbons (Fsp3) is 0.750. The number of carbonyl (C=O) groups is 1. The van der Waals surface area contributed by atoms with E-state index in [1.807, 2.05) is 16.6 Å². The van der Waals surface area contributed by atoms with E-state index < -0.39 is 0 Å². The zero-order valence-corrected chi connectivity index (χ0v) is 13.9. The average Bonchev–Trinajstić information content (AvgIpc) is 3.00. The standard InChI is InChI=1S/C16H25N3OS/c1-3-5-13(2)18-7-4-6-16(10-18)11-19(15(16)20)9-14-8-17-12-21-14/h8,12-13H,3-7,9-11H2,1-2H3/t13-,16+/m1/s1. The van der Waals surface area contributed by atoms with Crippen LogP contribution in [0.2, 0.25) is 0 Å². The van der Waals surface area contributed by atoms with Gasteiger partial charge in [-0.2, -0.15) is 0 Å². The van der Waals surface area contributed by atoms with E-state index in [0.717, 1.165) is 39.0 Å². The van der Waals surface area contributed by atoms with E-state index >= 15 is 0 Å². The maximum absolute atomic E-state index is 12.7. The van der Waals surface area contributed by atoms with Crippen molar-refractivity contribution in [3.63, 3.8) is 0 Å². The highest BCUT2D eigenvalue weighted by molar-refractivity contribution is 7.09. The minimum atomic E-state index is -0.0784. The van der Waals surface area contributed by atoms with Crippen LogP contribution in [0.25, 0.3) is 0 Å². The molecule has 0 saturated carbocycles. The molecule has 21 heavy (non-hydrogen) atoms. The fourth-order valence-corrected chi connectivity index (χ4v) is 4.44. The van der Waals surface area contributed by atoms with Crippen LogP contribution in [0.1, 0.15) is 44.4 Å². The molecule has 2 aliphatic rings. The number of amides is 1. The second kappa shape index (κ2) is 6.05. The van der Waals surface area contributed by atoms with Crippen LogP contribution in [0.3, 0.4) is 0 Å². The Labute approximate surface area is 131 Å². The van der Waals surface area contributed by atoms with Gasteiger partial charge in [-0.3, -0.25) is 14.7 Å². The van der Waals surface area contributed by atoms with E-state index in [-0.39, 0.29) is 5.41 Å². The molecule has 1 spiro atoms. The predicted octanol–water partition coefficient (Wildman–Crippen LogP) is 2.76. The molecule has 5 heteroatoms. The van der Waals surface area contributed by atoms with Crippen LogP contribution >= 0.6 is 11.3 Å². The average molecular weight is 307 g/mol. The Morgan fingerprint density at radius 1 is 1.48 bits per heavy atom. The molecule has 1 aromatic rings. The largest absolute Gasteiger partial charge is 0.336 e. The first-order chi connectivity index (χ1) is 10.1. The molecule has 0 radical (unpaired) electrons. The molecule has 0 aliphatic carbocycles. The van der Waals surface area contributed by atoms with Crippen LogP contribution in [0, 0.1) is 5.41 Å². The van der Waals surface area contributed by atoms with E-state index in [1.54, 1.807) is 11.3 Å². The normalized spacial score (nSPS) is 27.9. The van der Waals surface area contributed by atoms with Crippen molar-refractivity contribution in [2.24, 2.45) is 5.41 Å². The molecule has 0 aromatic carbocycles. The van der Waals surface area contributed by atoms with Gasteiger partial charge in [-0.15, -0.1) is 11.3 Å². The molecule has 0 unspecified atom stereocenters. The zero-order chi connectivity index (χ0) is 14.9. The van der Waals surface area contributed by atoms with E-state index in [9.17, 15) is 4.79 Å². The molecule has 0 bridgehead atoms. The van der Waals surface area contributed by atoms with Gasteiger partial charge < -0.3 is 4.90 Å². The monoisotopic (exact) mass is 307 g/mol. The van der Waals surface area contributed by atoms with Gasteiger partial charge in [0, 0.05) is 30.2 Å². The van der Waals surface area contributed by atoms with Gasteiger partial charge in [0.1, 0.15) is 0 Å². The molecule has 2 aliphatic heterocycles. The number of likely N-dealkylation sites (tertiary alicyclic amines) is 2. The summed E-state index contributed by atoms with van der Waals surface area (Å²) in [4.78, 5) is 22.5. The third-order valence-electron chi connectivity index (χ3n) is 5.00. The van der Waals surface area contributed by atoms with Gasteiger partial charge in [-0.1, -0.05) is 13.3 Å². The van der Waals surface area contributed by atoms with Crippen LogP contribution in [-0.2, 0) is 11.3 Å². The van der Waals surface area contributed by atoms with Crippen LogP contribution in [-0.4, -0.2) is 46.4 Å². The minimum absolute atomic E-state index is 0.0784. The summed E-state index contributed by atoms with van der Waals surface area (Å²) in [5, 5.41) is 0. The molecular formula is C16H25N3OS. The van der Waals surface area contributed by atoms with Crippen molar-refractivity contribution in [3.8, 4) is 0 Å². The summed E-state index contributed by atoms with van der Waals surface area (Å²) < 4.78 is 0. The van der Waals surface area contributed by atoms with Crippen LogP contribution in [0.15, 0.2) is 11.7 Å². The first-order valence-electron chi connectivity index (χ1n) is 8.05. The van der Waals surface area contributed by atoms with Crippen molar-refractivity contribution >= 4 is 17.2 Å². The van der Waals surface area contributed by atoms with Gasteiger partial charge in [0.25, 0.3) is 0 Å². The summed E-state index contributed by atoms with van der Waals surface area (Å²) in [6.45, 7) is 8.34. The molecule has 1 aromatic heterocycles. The van der Waals surface area contributed by atoms with Gasteiger partial charge in [0.05, 0.1) is 17.5 Å². The zero-order valence-electron chi connectivity index (χ0n) is 13.0. The van der Waals surface area contributed by atoms with Crippen molar-refractivity contribution < 1.29 is 4.79 Å². The number of aromatic nitrogens is 1. The molecule has 2 atom stereocenters. The number of rotatable bonds is 5. The Balaban J connectivity index is 1.60. The Hall–Kier alpha value is -0.940. The summed E-state index contributed by atoms with van der Waals surface area (Å²) >= 11 is 1.63. The van der Waals surface area contributed by atoms with Crippen molar-refractivity contribution in [2.45, 2.75) is 52.1 Å². The predicted molar refractivity (Wildman–Crippen MR) is 85.1 cm³/mol. The highest BCUT2D eigenvalue weighted by atomic mass is 32.1. The highest BCUT2D eigenvalue weighted by Crippen LogP contribution is 2.41. The Morgan fingerprint density at radius 3 is 3.00 bits per heavy atom. The van der Waals surface area contributed by atoms with Crippen molar-refractivity contribution in [2.75, 3.05) is 19.6 Å². The van der Waals surface area contributed by atoms with E-state index in [0.29, 0.717) is 11.9 Å². The number of hydrogen-bond acceptors (Lipinski definition) is 4. The van der Waals surface area contributed by atoms with Gasteiger partial charge in [-0.25, -0.2) is 0 Å². The van der Waals surface area contributed by atoms with Crippen LogP contribution < -0.4 is 0 Å². The minimum Gasteiger partial charge on any atom is -0.336 e. The quantitative estimate of drug-likeness (QED) is 0.785. The molecule has 1 amide bonds. The van der Waals surface area contributed by atoms with Crippen molar-refractivity contribution in [1.82, 2.24) is 14.8 Å². The van der Waals surface area contributed by atoms with E-state index in [2.05, 4.69) is 23.7 Å². The lowest BCUT2D eigenvalue weighted by atomic mass is 9.72. The Bertz CT molecular complexity index is 490. The fourth-order valence-electron chi connectivity index (χ4n) is 3.83. The topological polar surface area (TPSA) is 36.4 Å². The third kappa shape index (κ3) is 2.86. The first-order valence-corrected chi connectivity index (χ1v) is 8.93. The summed E-state index contributed by atoms with van der Waals surface area (Å²) in [5.74, 6) is 0.365. The number of β-lactam (4-membered cyclic amide) rings is 1. The summed E-state index contributed by atoms with van der Waals surface area (Å²) in [5.41, 5.74) is 1.76. The molecular weight excluding hydrogens is 282 g/mol. The Kier molecular flexibility index (Phi) is 4.31. The van der Waals surface area contributed by atoms with Crippen LogP contribution in [0.5, 0.6) is 0 Å². The third-order valence-corrected chi connectivity index (χ3v) is 5.77. The van der Waals surface area contributed by atoms with Crippen LogP contribution in [0.4, 0.5) is 0 Å². The molecule has 2 fully saturated rings. The lowest BCUT2D eigenvalue weighted by molar-refractivity contribution is -0.168. The second-order valence-electron chi connectivity index (χ2n) is 6.62. The molecule has 3 rings (SSSR count). The Morgan fingerprint density at radius 2 is 2.33 bits per heavy atom. The number of piperidine rings is 1. The van der Waals surface area contributed by atoms with Gasteiger partial charge >= 0.3 is 0 Å². The first kappa shape index (κ1) is 15.0. The SMILES string of the molecule is CCC[C@@H](C)N1CCC[C@@]2(CN(Cc3cncs3)C2=O)C1. The smallest absolute Gasteiger partial charge is 0.232 e. The van der Waals surface area contributed by atoms with Gasteiger partial charge in [0.15, 0.2) is 0 Å². The maximum atomic E-state index is 12.7. The number of thiazole rings is 1. The second-order valence-corrected chi connectivity index (χ2v) is 7.59. The molecule has 0 N–H and O–H groups in total.